The van der Waals surface area contributed by atoms with Gasteiger partial charge in [0, 0.05) is 0 Å². The molecule has 0 aliphatic carbocycles. The first-order valence-electron chi connectivity index (χ1n) is 3.51. The van der Waals surface area contributed by atoms with E-state index in [1.165, 1.54) is 0 Å². The summed E-state index contributed by atoms with van der Waals surface area (Å²) in [6.07, 6.45) is 0.535. The summed E-state index contributed by atoms with van der Waals surface area (Å²) in [7, 11) is 0. The Bertz CT molecular complexity index is 113. The Labute approximate surface area is 107 Å². The van der Waals surface area contributed by atoms with E-state index < -0.39 is 12.8 Å². The summed E-state index contributed by atoms with van der Waals surface area (Å²) in [5.74, 6) is -0.999. The Morgan fingerprint density at radius 3 is 1.82 bits per heavy atom. The number of hydrogen-bond donors (Lipinski definition) is 1. The van der Waals surface area contributed by atoms with Crippen LogP contribution >= 0.6 is 0 Å². The maximum absolute atomic E-state index is 12.0. The van der Waals surface area contributed by atoms with Crippen molar-refractivity contribution < 1.29 is 64.3 Å². The summed E-state index contributed by atoms with van der Waals surface area (Å²) in [4.78, 5) is 0. The van der Waals surface area contributed by atoms with Crippen molar-refractivity contribution in [2.75, 3.05) is 13.1 Å². The standard InChI is InChI=1S/C5H10BF3N.K/c7-6(8,9)5-1-3-10-4-2-5;/h5,10H,1-4H2;/q-1;+1. The minimum absolute atomic E-state index is 0. The number of halogens is 3. The molecule has 1 heterocycles. The number of piperidine rings is 1. The van der Waals surface area contributed by atoms with E-state index in [2.05, 4.69) is 5.32 Å². The van der Waals surface area contributed by atoms with Gasteiger partial charge in [-0.15, -0.1) is 0 Å². The SMILES string of the molecule is F[B-](F)(F)C1CCNCC1.[K+]. The second kappa shape index (κ2) is 5.24. The predicted octanol–water partition coefficient (Wildman–Crippen LogP) is -1.41. The van der Waals surface area contributed by atoms with Crippen molar-refractivity contribution in [3.63, 3.8) is 0 Å². The molecule has 0 bridgehead atoms. The minimum atomic E-state index is -4.57. The van der Waals surface area contributed by atoms with E-state index in [0.717, 1.165) is 0 Å². The first-order valence-corrected chi connectivity index (χ1v) is 3.51. The summed E-state index contributed by atoms with van der Waals surface area (Å²) >= 11 is 0. The van der Waals surface area contributed by atoms with E-state index >= 15 is 0 Å². The third kappa shape index (κ3) is 4.28. The Kier molecular flexibility index (Phi) is 5.93. The van der Waals surface area contributed by atoms with Crippen molar-refractivity contribution in [2.24, 2.45) is 0 Å². The van der Waals surface area contributed by atoms with E-state index in [1.54, 1.807) is 0 Å². The van der Waals surface area contributed by atoms with Crippen LogP contribution in [0.5, 0.6) is 0 Å². The molecule has 1 N–H and O–H groups in total. The van der Waals surface area contributed by atoms with Crippen LogP contribution in [-0.2, 0) is 0 Å². The van der Waals surface area contributed by atoms with Gasteiger partial charge in [-0.05, 0) is 13.1 Å². The normalized spacial score (nSPS) is 21.0. The third-order valence-corrected chi connectivity index (χ3v) is 1.92. The zero-order valence-electron chi connectivity index (χ0n) is 6.62. The Morgan fingerprint density at radius 2 is 1.55 bits per heavy atom. The molecule has 60 valence electrons. The van der Waals surface area contributed by atoms with Crippen molar-refractivity contribution in [3.05, 3.63) is 0 Å². The van der Waals surface area contributed by atoms with Crippen LogP contribution in [-0.4, -0.2) is 20.1 Å². The van der Waals surface area contributed by atoms with Crippen LogP contribution in [0.15, 0.2) is 0 Å². The Hall–Kier alpha value is 1.45. The predicted molar refractivity (Wildman–Crippen MR) is 34.9 cm³/mol. The molecular formula is C5H10BF3KN. The molecule has 1 saturated heterocycles. The third-order valence-electron chi connectivity index (χ3n) is 1.92. The van der Waals surface area contributed by atoms with Gasteiger partial charge >= 0.3 is 58.4 Å². The fourth-order valence-corrected chi connectivity index (χ4v) is 1.22. The molecule has 1 rings (SSSR count). The van der Waals surface area contributed by atoms with Crippen molar-refractivity contribution in [1.29, 1.82) is 0 Å². The van der Waals surface area contributed by atoms with Gasteiger partial charge in [0.1, 0.15) is 0 Å². The van der Waals surface area contributed by atoms with Crippen LogP contribution in [0.2, 0.25) is 5.82 Å². The van der Waals surface area contributed by atoms with E-state index in [0.29, 0.717) is 13.1 Å². The fourth-order valence-electron chi connectivity index (χ4n) is 1.22. The molecule has 6 heteroatoms. The van der Waals surface area contributed by atoms with Crippen molar-refractivity contribution >= 4 is 6.98 Å². The van der Waals surface area contributed by atoms with Crippen LogP contribution in [0.4, 0.5) is 12.9 Å². The number of hydrogen-bond acceptors (Lipinski definition) is 1. The Morgan fingerprint density at radius 1 is 1.09 bits per heavy atom. The average Bonchev–Trinajstić information content (AvgIpc) is 1.88. The number of rotatable bonds is 1. The zero-order chi connectivity index (χ0) is 7.61. The molecule has 1 aliphatic rings. The van der Waals surface area contributed by atoms with Crippen LogP contribution < -0.4 is 56.7 Å². The molecule has 0 spiro atoms. The van der Waals surface area contributed by atoms with Gasteiger partial charge < -0.3 is 18.3 Å². The van der Waals surface area contributed by atoms with Gasteiger partial charge in [0.25, 0.3) is 0 Å². The topological polar surface area (TPSA) is 12.0 Å². The van der Waals surface area contributed by atoms with Gasteiger partial charge in [0.15, 0.2) is 0 Å². The fraction of sp³-hybridized carbons (Fsp3) is 1.00. The molecule has 1 nitrogen and oxygen atoms in total. The number of nitrogens with one attached hydrogen (secondary N) is 1. The van der Waals surface area contributed by atoms with Gasteiger partial charge in [0.2, 0.25) is 0 Å². The molecule has 0 aromatic carbocycles. The summed E-state index contributed by atoms with van der Waals surface area (Å²) in [5.41, 5.74) is 0. The largest absolute Gasteiger partial charge is 1.00 e. The van der Waals surface area contributed by atoms with E-state index in [-0.39, 0.29) is 64.2 Å². The van der Waals surface area contributed by atoms with Crippen molar-refractivity contribution in [1.82, 2.24) is 5.32 Å². The Balaban J connectivity index is 0.000001000. The summed E-state index contributed by atoms with van der Waals surface area (Å²) in [6.45, 7) is -3.53. The van der Waals surface area contributed by atoms with Crippen LogP contribution in [0, 0.1) is 0 Å². The smallest absolute Gasteiger partial charge is 0.449 e. The molecule has 0 atom stereocenters. The van der Waals surface area contributed by atoms with Crippen molar-refractivity contribution in [3.8, 4) is 0 Å². The first-order chi connectivity index (χ1) is 4.61. The van der Waals surface area contributed by atoms with Gasteiger partial charge in [0.05, 0.1) is 0 Å². The average molecular weight is 191 g/mol. The van der Waals surface area contributed by atoms with Gasteiger partial charge in [-0.2, -0.15) is 0 Å². The van der Waals surface area contributed by atoms with Crippen molar-refractivity contribution in [2.45, 2.75) is 18.7 Å². The van der Waals surface area contributed by atoms with E-state index in [4.69, 9.17) is 0 Å². The molecular weight excluding hydrogens is 181 g/mol. The first kappa shape index (κ1) is 12.5. The molecule has 0 saturated carbocycles. The molecule has 11 heavy (non-hydrogen) atoms. The minimum Gasteiger partial charge on any atom is -0.449 e. The zero-order valence-corrected chi connectivity index (χ0v) is 9.74. The van der Waals surface area contributed by atoms with Gasteiger partial charge in [-0.1, -0.05) is 18.7 Å². The maximum atomic E-state index is 12.0. The summed E-state index contributed by atoms with van der Waals surface area (Å²) in [6, 6.07) is 0. The van der Waals surface area contributed by atoms with Crippen LogP contribution in [0.1, 0.15) is 12.8 Å². The summed E-state index contributed by atoms with van der Waals surface area (Å²) < 4.78 is 35.9. The van der Waals surface area contributed by atoms with E-state index in [9.17, 15) is 12.9 Å². The maximum Gasteiger partial charge on any atom is 1.00 e. The molecule has 0 amide bonds. The second-order valence-electron chi connectivity index (χ2n) is 2.71. The molecule has 1 aliphatic heterocycles. The molecule has 0 radical (unpaired) electrons. The molecule has 1 fully saturated rings. The summed E-state index contributed by atoms with van der Waals surface area (Å²) in [5, 5.41) is 2.90. The van der Waals surface area contributed by atoms with Gasteiger partial charge in [-0.25, -0.2) is 0 Å². The molecule has 0 unspecified atom stereocenters. The van der Waals surface area contributed by atoms with Gasteiger partial charge in [-0.3, -0.25) is 0 Å². The van der Waals surface area contributed by atoms with E-state index in [1.807, 2.05) is 0 Å². The van der Waals surface area contributed by atoms with Crippen LogP contribution in [0.3, 0.4) is 0 Å². The molecule has 0 aromatic heterocycles. The quantitative estimate of drug-likeness (QED) is 0.502. The van der Waals surface area contributed by atoms with Crippen LogP contribution in [0.25, 0.3) is 0 Å². The second-order valence-corrected chi connectivity index (χ2v) is 2.71. The monoisotopic (exact) mass is 191 g/mol. The molecule has 0 aromatic rings.